The second-order valence-corrected chi connectivity index (χ2v) is 5.84. The number of nitrogens with zero attached hydrogens (tertiary/aromatic N) is 1. The first kappa shape index (κ1) is 14.7. The molecule has 6 heteroatoms. The maximum absolute atomic E-state index is 12.6. The van der Waals surface area contributed by atoms with Gasteiger partial charge in [0, 0.05) is 5.56 Å². The molecule has 0 aliphatic carbocycles. The molecule has 3 nitrogen and oxygen atoms in total. The quantitative estimate of drug-likeness (QED) is 0.850. The summed E-state index contributed by atoms with van der Waals surface area (Å²) in [6.45, 7) is 4.55. The summed E-state index contributed by atoms with van der Waals surface area (Å²) in [6, 6.07) is 8.53. The molecule has 0 saturated carbocycles. The summed E-state index contributed by atoms with van der Waals surface area (Å²) in [6.07, 6.45) is -4.33. The Morgan fingerprint density at radius 1 is 1.09 bits per heavy atom. The Morgan fingerprint density at radius 3 is 2.41 bits per heavy atom. The Balaban J connectivity index is 1.93. The lowest BCUT2D eigenvalue weighted by Gasteiger charge is -2.32. The largest absolute Gasteiger partial charge is 0.468 e. The van der Waals surface area contributed by atoms with Gasteiger partial charge in [-0.3, -0.25) is 0 Å². The lowest BCUT2D eigenvalue weighted by molar-refractivity contribution is -0.137. The van der Waals surface area contributed by atoms with Crippen molar-refractivity contribution in [2.45, 2.75) is 25.6 Å². The average Bonchev–Trinajstić information content (AvgIpc) is 2.45. The molecule has 1 aliphatic rings. The molecular formula is C16H15F3N2O. The van der Waals surface area contributed by atoms with Gasteiger partial charge in [-0.2, -0.15) is 13.2 Å². The van der Waals surface area contributed by atoms with Gasteiger partial charge in [-0.15, -0.1) is 0 Å². The molecule has 116 valence electrons. The summed E-state index contributed by atoms with van der Waals surface area (Å²) in [5.74, 6) is 0.466. The maximum Gasteiger partial charge on any atom is 0.416 e. The zero-order valence-corrected chi connectivity index (χ0v) is 12.2. The molecule has 1 aromatic heterocycles. The molecule has 1 N–H and O–H groups in total. The van der Waals surface area contributed by atoms with Crippen molar-refractivity contribution in [3.63, 3.8) is 0 Å². The molecule has 1 aromatic carbocycles. The molecule has 2 heterocycles. The number of halogens is 3. The van der Waals surface area contributed by atoms with Crippen LogP contribution < -0.4 is 10.1 Å². The van der Waals surface area contributed by atoms with Gasteiger partial charge in [0.15, 0.2) is 0 Å². The van der Waals surface area contributed by atoms with Gasteiger partial charge in [-0.05, 0) is 38.1 Å². The van der Waals surface area contributed by atoms with Gasteiger partial charge in [0.25, 0.3) is 0 Å². The molecule has 0 saturated heterocycles. The van der Waals surface area contributed by atoms with Crippen molar-refractivity contribution in [1.29, 1.82) is 0 Å². The van der Waals surface area contributed by atoms with E-state index in [0.29, 0.717) is 23.7 Å². The monoisotopic (exact) mass is 308 g/mol. The van der Waals surface area contributed by atoms with Crippen LogP contribution in [0.2, 0.25) is 0 Å². The van der Waals surface area contributed by atoms with Crippen molar-refractivity contribution in [2.75, 3.05) is 11.9 Å². The van der Waals surface area contributed by atoms with E-state index in [1.54, 1.807) is 6.07 Å². The number of hydrogen-bond acceptors (Lipinski definition) is 3. The average molecular weight is 308 g/mol. The van der Waals surface area contributed by atoms with Crippen LogP contribution in [0.3, 0.4) is 0 Å². The molecule has 3 rings (SSSR count). The Bertz CT molecular complexity index is 694. The van der Waals surface area contributed by atoms with E-state index < -0.39 is 11.7 Å². The summed E-state index contributed by atoms with van der Waals surface area (Å²) in [7, 11) is 0. The van der Waals surface area contributed by atoms with Crippen LogP contribution in [0.15, 0.2) is 36.4 Å². The third-order valence-electron chi connectivity index (χ3n) is 3.45. The molecule has 0 amide bonds. The number of anilines is 1. The van der Waals surface area contributed by atoms with Crippen molar-refractivity contribution in [3.05, 3.63) is 42.0 Å². The van der Waals surface area contributed by atoms with Crippen molar-refractivity contribution < 1.29 is 17.9 Å². The summed E-state index contributed by atoms with van der Waals surface area (Å²) in [5.41, 5.74) is 0.927. The maximum atomic E-state index is 12.6. The SMILES string of the molecule is CC1(C)CNc2ccc(-c3ccc(C(F)(F)F)cc3)nc2O1. The first-order valence-electron chi connectivity index (χ1n) is 6.86. The van der Waals surface area contributed by atoms with Gasteiger partial charge >= 0.3 is 6.18 Å². The highest BCUT2D eigenvalue weighted by atomic mass is 19.4. The first-order chi connectivity index (χ1) is 10.2. The third kappa shape index (κ3) is 2.86. The fraction of sp³-hybridized carbons (Fsp3) is 0.312. The Hall–Kier alpha value is -2.24. The molecule has 0 fully saturated rings. The van der Waals surface area contributed by atoms with Crippen molar-refractivity contribution in [1.82, 2.24) is 4.98 Å². The van der Waals surface area contributed by atoms with E-state index >= 15 is 0 Å². The summed E-state index contributed by atoms with van der Waals surface area (Å²) in [4.78, 5) is 4.41. The summed E-state index contributed by atoms with van der Waals surface area (Å²) < 4.78 is 43.6. The van der Waals surface area contributed by atoms with E-state index in [2.05, 4.69) is 10.3 Å². The highest BCUT2D eigenvalue weighted by Gasteiger charge is 2.30. The van der Waals surface area contributed by atoms with Gasteiger partial charge in [0.2, 0.25) is 5.88 Å². The normalized spacial score (nSPS) is 16.4. The highest BCUT2D eigenvalue weighted by Crippen LogP contribution is 2.34. The smallest absolute Gasteiger partial charge is 0.416 e. The molecule has 0 spiro atoms. The van der Waals surface area contributed by atoms with E-state index in [1.807, 2.05) is 19.9 Å². The molecule has 0 bridgehead atoms. The number of pyridine rings is 1. The van der Waals surface area contributed by atoms with Crippen LogP contribution in [0.4, 0.5) is 18.9 Å². The molecular weight excluding hydrogens is 293 g/mol. The minimum atomic E-state index is -4.33. The first-order valence-corrected chi connectivity index (χ1v) is 6.86. The molecule has 2 aromatic rings. The van der Waals surface area contributed by atoms with E-state index in [-0.39, 0.29) is 5.60 Å². The Kier molecular flexibility index (Phi) is 3.27. The number of aromatic nitrogens is 1. The lowest BCUT2D eigenvalue weighted by Crippen LogP contribution is -2.40. The van der Waals surface area contributed by atoms with Gasteiger partial charge in [0.05, 0.1) is 23.5 Å². The van der Waals surface area contributed by atoms with Crippen LogP contribution in [-0.2, 0) is 6.18 Å². The van der Waals surface area contributed by atoms with Crippen LogP contribution >= 0.6 is 0 Å². The summed E-state index contributed by atoms with van der Waals surface area (Å²) in [5, 5.41) is 3.22. The standard InChI is InChI=1S/C16H15F3N2O/c1-15(2)9-20-13-8-7-12(21-14(13)22-15)10-3-5-11(6-4-10)16(17,18)19/h3-8,20H,9H2,1-2H3. The van der Waals surface area contributed by atoms with Crippen LogP contribution in [-0.4, -0.2) is 17.1 Å². The van der Waals surface area contributed by atoms with Gasteiger partial charge < -0.3 is 10.1 Å². The minimum absolute atomic E-state index is 0.376. The number of fused-ring (bicyclic) bond motifs is 1. The minimum Gasteiger partial charge on any atom is -0.468 e. The number of alkyl halides is 3. The molecule has 0 unspecified atom stereocenters. The number of hydrogen-bond donors (Lipinski definition) is 1. The molecule has 0 atom stereocenters. The molecule has 0 radical (unpaired) electrons. The van der Waals surface area contributed by atoms with Crippen molar-refractivity contribution in [2.24, 2.45) is 0 Å². The fourth-order valence-corrected chi connectivity index (χ4v) is 2.25. The second-order valence-electron chi connectivity index (χ2n) is 5.84. The zero-order chi connectivity index (χ0) is 16.0. The van der Waals surface area contributed by atoms with Gasteiger partial charge in [-0.1, -0.05) is 12.1 Å². The topological polar surface area (TPSA) is 34.2 Å². The third-order valence-corrected chi connectivity index (χ3v) is 3.45. The van der Waals surface area contributed by atoms with Crippen molar-refractivity contribution >= 4 is 5.69 Å². The number of ether oxygens (including phenoxy) is 1. The Morgan fingerprint density at radius 2 is 1.77 bits per heavy atom. The van der Waals surface area contributed by atoms with E-state index in [0.717, 1.165) is 17.8 Å². The van der Waals surface area contributed by atoms with E-state index in [4.69, 9.17) is 4.74 Å². The van der Waals surface area contributed by atoms with Crippen LogP contribution in [0, 0.1) is 0 Å². The van der Waals surface area contributed by atoms with E-state index in [9.17, 15) is 13.2 Å². The fourth-order valence-electron chi connectivity index (χ4n) is 2.25. The lowest BCUT2D eigenvalue weighted by atomic mass is 10.1. The highest BCUT2D eigenvalue weighted by molar-refractivity contribution is 5.65. The van der Waals surface area contributed by atoms with Crippen molar-refractivity contribution in [3.8, 4) is 17.1 Å². The van der Waals surface area contributed by atoms with Crippen LogP contribution in [0.1, 0.15) is 19.4 Å². The Labute approximate surface area is 126 Å². The second kappa shape index (κ2) is 4.90. The van der Waals surface area contributed by atoms with Crippen LogP contribution in [0.5, 0.6) is 5.88 Å². The molecule has 22 heavy (non-hydrogen) atoms. The number of benzene rings is 1. The number of rotatable bonds is 1. The van der Waals surface area contributed by atoms with E-state index in [1.165, 1.54) is 12.1 Å². The summed E-state index contributed by atoms with van der Waals surface area (Å²) >= 11 is 0. The predicted molar refractivity (Wildman–Crippen MR) is 77.9 cm³/mol. The van der Waals surface area contributed by atoms with Crippen LogP contribution in [0.25, 0.3) is 11.3 Å². The zero-order valence-electron chi connectivity index (χ0n) is 12.2. The number of nitrogens with one attached hydrogen (secondary N) is 1. The predicted octanol–water partition coefficient (Wildman–Crippen LogP) is 4.35. The van der Waals surface area contributed by atoms with Gasteiger partial charge in [0.1, 0.15) is 5.60 Å². The van der Waals surface area contributed by atoms with Gasteiger partial charge in [-0.25, -0.2) is 4.98 Å². The molecule has 1 aliphatic heterocycles.